The zero-order valence-corrected chi connectivity index (χ0v) is 11.2. The van der Waals surface area contributed by atoms with Crippen molar-refractivity contribution in [3.8, 4) is 0 Å². The quantitative estimate of drug-likeness (QED) is 0.524. The molecular weight excluding hydrogens is 250 g/mol. The van der Waals surface area contributed by atoms with Gasteiger partial charge in [0.05, 0.1) is 5.57 Å². The van der Waals surface area contributed by atoms with Gasteiger partial charge in [-0.2, -0.15) is 0 Å². The number of para-hydroxylation sites is 1. The van der Waals surface area contributed by atoms with Crippen LogP contribution in [0.1, 0.15) is 12.5 Å². The lowest BCUT2D eigenvalue weighted by Gasteiger charge is -2.06. The van der Waals surface area contributed by atoms with Gasteiger partial charge in [0.15, 0.2) is 5.78 Å². The van der Waals surface area contributed by atoms with Crippen molar-refractivity contribution in [2.24, 2.45) is 0 Å². The van der Waals surface area contributed by atoms with E-state index in [0.717, 1.165) is 5.56 Å². The average Bonchev–Trinajstić information content (AvgIpc) is 2.46. The fourth-order valence-electron chi connectivity index (χ4n) is 1.76. The first-order chi connectivity index (χ1) is 9.66. The molecule has 0 fully saturated rings. The summed E-state index contributed by atoms with van der Waals surface area (Å²) >= 11 is 0. The molecule has 0 spiro atoms. The van der Waals surface area contributed by atoms with Crippen molar-refractivity contribution >= 4 is 23.5 Å². The lowest BCUT2D eigenvalue weighted by atomic mass is 10.1. The lowest BCUT2D eigenvalue weighted by Crippen LogP contribution is -2.18. The Labute approximate surface area is 117 Å². The fourth-order valence-corrected chi connectivity index (χ4v) is 1.76. The minimum atomic E-state index is -0.396. The van der Waals surface area contributed by atoms with E-state index in [2.05, 4.69) is 5.32 Å². The van der Waals surface area contributed by atoms with Crippen LogP contribution in [0.25, 0.3) is 6.08 Å². The molecule has 2 aromatic carbocycles. The number of hydrogen-bond donors (Lipinski definition) is 1. The number of amides is 1. The normalized spacial score (nSPS) is 10.9. The molecule has 0 aliphatic rings. The molecule has 0 aromatic heterocycles. The van der Waals surface area contributed by atoms with Crippen LogP contribution in [0.5, 0.6) is 0 Å². The molecule has 3 heteroatoms. The number of carbonyl (C=O) groups excluding carboxylic acids is 2. The zero-order chi connectivity index (χ0) is 14.4. The number of ketones is 1. The molecule has 0 radical (unpaired) electrons. The van der Waals surface area contributed by atoms with Gasteiger partial charge >= 0.3 is 0 Å². The number of hydrogen-bond acceptors (Lipinski definition) is 2. The number of carbonyl (C=O) groups is 2. The third kappa shape index (κ3) is 3.65. The number of rotatable bonds is 4. The Morgan fingerprint density at radius 1 is 0.900 bits per heavy atom. The summed E-state index contributed by atoms with van der Waals surface area (Å²) in [6.45, 7) is 1.39. The van der Waals surface area contributed by atoms with Gasteiger partial charge < -0.3 is 5.32 Å². The lowest BCUT2D eigenvalue weighted by molar-refractivity contribution is -0.118. The van der Waals surface area contributed by atoms with Crippen molar-refractivity contribution in [3.05, 3.63) is 71.8 Å². The second kappa shape index (κ2) is 6.48. The summed E-state index contributed by atoms with van der Waals surface area (Å²) in [5.74, 6) is -0.658. The van der Waals surface area contributed by atoms with Crippen LogP contribution in [-0.2, 0) is 9.59 Å². The number of benzene rings is 2. The SMILES string of the molecule is CC(=O)/C(=C/c1ccccc1)C(=O)Nc1ccccc1. The van der Waals surface area contributed by atoms with Crippen molar-refractivity contribution in [2.45, 2.75) is 6.92 Å². The van der Waals surface area contributed by atoms with Crippen molar-refractivity contribution in [2.75, 3.05) is 5.32 Å². The van der Waals surface area contributed by atoms with E-state index in [1.165, 1.54) is 6.92 Å². The molecule has 0 atom stereocenters. The van der Waals surface area contributed by atoms with Gasteiger partial charge in [0.2, 0.25) is 0 Å². The highest BCUT2D eigenvalue weighted by Crippen LogP contribution is 2.12. The molecule has 0 aliphatic carbocycles. The van der Waals surface area contributed by atoms with E-state index in [1.54, 1.807) is 18.2 Å². The van der Waals surface area contributed by atoms with Gasteiger partial charge in [0.1, 0.15) is 0 Å². The highest BCUT2D eigenvalue weighted by atomic mass is 16.2. The summed E-state index contributed by atoms with van der Waals surface area (Å²) in [7, 11) is 0. The number of anilines is 1. The van der Waals surface area contributed by atoms with Crippen molar-refractivity contribution in [3.63, 3.8) is 0 Å². The Morgan fingerprint density at radius 2 is 1.45 bits per heavy atom. The van der Waals surface area contributed by atoms with Gasteiger partial charge in [0, 0.05) is 5.69 Å². The third-order valence-electron chi connectivity index (χ3n) is 2.77. The molecule has 2 aromatic rings. The van der Waals surface area contributed by atoms with Gasteiger partial charge in [-0.05, 0) is 30.7 Å². The van der Waals surface area contributed by atoms with Crippen LogP contribution in [0.2, 0.25) is 0 Å². The van der Waals surface area contributed by atoms with Crippen LogP contribution >= 0.6 is 0 Å². The van der Waals surface area contributed by atoms with Crippen LogP contribution in [0.15, 0.2) is 66.2 Å². The topological polar surface area (TPSA) is 46.2 Å². The molecule has 1 amide bonds. The number of nitrogens with one attached hydrogen (secondary N) is 1. The minimum absolute atomic E-state index is 0.139. The van der Waals surface area contributed by atoms with Gasteiger partial charge in [0.25, 0.3) is 5.91 Å². The largest absolute Gasteiger partial charge is 0.322 e. The summed E-state index contributed by atoms with van der Waals surface area (Å²) in [4.78, 5) is 23.8. The minimum Gasteiger partial charge on any atom is -0.322 e. The summed E-state index contributed by atoms with van der Waals surface area (Å²) in [5, 5.41) is 2.72. The molecule has 0 heterocycles. The predicted molar refractivity (Wildman–Crippen MR) is 80.2 cm³/mol. The molecule has 0 bridgehead atoms. The summed E-state index contributed by atoms with van der Waals surface area (Å²) < 4.78 is 0. The second-order valence-electron chi connectivity index (χ2n) is 4.35. The Kier molecular flexibility index (Phi) is 4.45. The Bertz CT molecular complexity index is 631. The van der Waals surface area contributed by atoms with Crippen molar-refractivity contribution in [1.29, 1.82) is 0 Å². The first-order valence-corrected chi connectivity index (χ1v) is 6.31. The maximum Gasteiger partial charge on any atom is 0.259 e. The second-order valence-corrected chi connectivity index (χ2v) is 4.35. The van der Waals surface area contributed by atoms with Crippen LogP contribution < -0.4 is 5.32 Å². The maximum atomic E-state index is 12.2. The van der Waals surface area contributed by atoms with E-state index in [-0.39, 0.29) is 11.4 Å². The van der Waals surface area contributed by atoms with E-state index in [1.807, 2.05) is 48.5 Å². The highest BCUT2D eigenvalue weighted by Gasteiger charge is 2.14. The molecule has 0 saturated carbocycles. The van der Waals surface area contributed by atoms with Gasteiger partial charge in [-0.1, -0.05) is 48.5 Å². The van der Waals surface area contributed by atoms with Gasteiger partial charge in [-0.3, -0.25) is 9.59 Å². The molecule has 0 saturated heterocycles. The molecule has 1 N–H and O–H groups in total. The smallest absolute Gasteiger partial charge is 0.259 e. The maximum absolute atomic E-state index is 12.2. The summed E-state index contributed by atoms with van der Waals surface area (Å²) in [5.41, 5.74) is 1.62. The number of Topliss-reactive ketones (excluding diaryl/α,β-unsaturated/α-hetero) is 1. The molecule has 3 nitrogen and oxygen atoms in total. The fraction of sp³-hybridized carbons (Fsp3) is 0.0588. The highest BCUT2D eigenvalue weighted by molar-refractivity contribution is 6.25. The first-order valence-electron chi connectivity index (χ1n) is 6.31. The van der Waals surface area contributed by atoms with E-state index >= 15 is 0 Å². The van der Waals surface area contributed by atoms with E-state index in [4.69, 9.17) is 0 Å². The van der Waals surface area contributed by atoms with Crippen molar-refractivity contribution in [1.82, 2.24) is 0 Å². The summed E-state index contributed by atoms with van der Waals surface area (Å²) in [6, 6.07) is 18.4. The van der Waals surface area contributed by atoms with E-state index in [0.29, 0.717) is 5.69 Å². The van der Waals surface area contributed by atoms with Crippen LogP contribution in [-0.4, -0.2) is 11.7 Å². The van der Waals surface area contributed by atoms with Crippen LogP contribution in [0.3, 0.4) is 0 Å². The predicted octanol–water partition coefficient (Wildman–Crippen LogP) is 3.30. The van der Waals surface area contributed by atoms with Gasteiger partial charge in [-0.25, -0.2) is 0 Å². The standard InChI is InChI=1S/C17H15NO2/c1-13(19)16(12-14-8-4-2-5-9-14)17(20)18-15-10-6-3-7-11-15/h2-12H,1H3,(H,18,20)/b16-12-. The van der Waals surface area contributed by atoms with Crippen molar-refractivity contribution < 1.29 is 9.59 Å². The molecular formula is C17H15NO2. The Morgan fingerprint density at radius 3 is 2.00 bits per heavy atom. The first kappa shape index (κ1) is 13.7. The molecule has 2 rings (SSSR count). The zero-order valence-electron chi connectivity index (χ0n) is 11.2. The Balaban J connectivity index is 2.23. The average molecular weight is 265 g/mol. The summed E-state index contributed by atoms with van der Waals surface area (Å²) in [6.07, 6.45) is 1.60. The third-order valence-corrected chi connectivity index (χ3v) is 2.77. The molecule has 100 valence electrons. The van der Waals surface area contributed by atoms with E-state index < -0.39 is 5.91 Å². The molecule has 0 aliphatic heterocycles. The van der Waals surface area contributed by atoms with Gasteiger partial charge in [-0.15, -0.1) is 0 Å². The monoisotopic (exact) mass is 265 g/mol. The molecule has 20 heavy (non-hydrogen) atoms. The van der Waals surface area contributed by atoms with Crippen LogP contribution in [0.4, 0.5) is 5.69 Å². The van der Waals surface area contributed by atoms with E-state index in [9.17, 15) is 9.59 Å². The van der Waals surface area contributed by atoms with Crippen LogP contribution in [0, 0.1) is 0 Å². The Hall–Kier alpha value is -2.68. The molecule has 0 unspecified atom stereocenters.